The summed E-state index contributed by atoms with van der Waals surface area (Å²) in [7, 11) is 1.52. The molecule has 3 heterocycles. The summed E-state index contributed by atoms with van der Waals surface area (Å²) < 4.78 is 6.85. The van der Waals surface area contributed by atoms with Crippen LogP contribution >= 0.6 is 0 Å². The highest BCUT2D eigenvalue weighted by atomic mass is 16.5. The maximum absolute atomic E-state index is 12.6. The van der Waals surface area contributed by atoms with Gasteiger partial charge < -0.3 is 9.64 Å². The summed E-state index contributed by atoms with van der Waals surface area (Å²) in [6.45, 7) is 3.29. The molecule has 1 N–H and O–H groups in total. The van der Waals surface area contributed by atoms with Crippen molar-refractivity contribution in [3.8, 4) is 0 Å². The van der Waals surface area contributed by atoms with Gasteiger partial charge in [0, 0.05) is 26.1 Å². The van der Waals surface area contributed by atoms with Crippen LogP contribution in [0.5, 0.6) is 0 Å². The summed E-state index contributed by atoms with van der Waals surface area (Å²) in [5.41, 5.74) is -0.0185. The van der Waals surface area contributed by atoms with Crippen LogP contribution < -0.4 is 5.56 Å². The lowest BCUT2D eigenvalue weighted by molar-refractivity contribution is -0.0269. The minimum atomic E-state index is -0.364. The predicted molar refractivity (Wildman–Crippen MR) is 84.5 cm³/mol. The van der Waals surface area contributed by atoms with Gasteiger partial charge >= 0.3 is 0 Å². The van der Waals surface area contributed by atoms with Crippen LogP contribution in [-0.4, -0.2) is 55.5 Å². The van der Waals surface area contributed by atoms with Crippen LogP contribution in [-0.2, 0) is 18.2 Å². The molecule has 9 nitrogen and oxygen atoms in total. The Morgan fingerprint density at radius 2 is 2.29 bits per heavy atom. The third kappa shape index (κ3) is 3.35. The molecular formula is C15H20N6O3. The van der Waals surface area contributed by atoms with E-state index in [0.29, 0.717) is 25.5 Å². The molecule has 0 aromatic carbocycles. The molecule has 0 unspecified atom stereocenters. The second kappa shape index (κ2) is 6.91. The number of hydrogen-bond acceptors (Lipinski definition) is 6. The van der Waals surface area contributed by atoms with Gasteiger partial charge in [0.15, 0.2) is 5.82 Å². The van der Waals surface area contributed by atoms with Crippen LogP contribution in [0.2, 0.25) is 0 Å². The summed E-state index contributed by atoms with van der Waals surface area (Å²) in [6, 6.07) is 2.78. The van der Waals surface area contributed by atoms with E-state index in [9.17, 15) is 9.59 Å². The first kappa shape index (κ1) is 16.3. The Kier molecular flexibility index (Phi) is 4.70. The first-order valence-corrected chi connectivity index (χ1v) is 7.95. The van der Waals surface area contributed by atoms with Crippen molar-refractivity contribution in [3.05, 3.63) is 39.8 Å². The average Bonchev–Trinajstić information content (AvgIpc) is 3.06. The standard InChI is InChI=1S/C15H20N6O3/c1-3-4-12-16-14(18-17-12)11-9-21(7-8-24-11)15(23)10-5-6-13(22)20(2)19-10/h5-6,11H,3-4,7-9H2,1-2H3,(H,16,17,18)/t11-/m0/s1. The number of ether oxygens (including phenoxy) is 1. The minimum Gasteiger partial charge on any atom is -0.366 e. The maximum atomic E-state index is 12.6. The van der Waals surface area contributed by atoms with Crippen LogP contribution in [0.1, 0.15) is 41.6 Å². The van der Waals surface area contributed by atoms with Crippen molar-refractivity contribution in [1.29, 1.82) is 0 Å². The number of hydrogen-bond donors (Lipinski definition) is 1. The fraction of sp³-hybridized carbons (Fsp3) is 0.533. The lowest BCUT2D eigenvalue weighted by atomic mass is 10.2. The van der Waals surface area contributed by atoms with Gasteiger partial charge in [-0.1, -0.05) is 6.92 Å². The Hall–Kier alpha value is -2.55. The molecule has 128 valence electrons. The molecule has 0 spiro atoms. The van der Waals surface area contributed by atoms with Crippen LogP contribution in [0.15, 0.2) is 16.9 Å². The highest BCUT2D eigenvalue weighted by molar-refractivity contribution is 5.92. The smallest absolute Gasteiger partial charge is 0.274 e. The Labute approximate surface area is 138 Å². The topological polar surface area (TPSA) is 106 Å². The fourth-order valence-electron chi connectivity index (χ4n) is 2.57. The lowest BCUT2D eigenvalue weighted by Crippen LogP contribution is -2.43. The first-order chi connectivity index (χ1) is 11.6. The van der Waals surface area contributed by atoms with Crippen molar-refractivity contribution in [2.45, 2.75) is 25.9 Å². The fourth-order valence-corrected chi connectivity index (χ4v) is 2.57. The Bertz CT molecular complexity index is 784. The molecular weight excluding hydrogens is 312 g/mol. The van der Waals surface area contributed by atoms with E-state index in [0.717, 1.165) is 23.3 Å². The molecule has 9 heteroatoms. The maximum Gasteiger partial charge on any atom is 0.274 e. The molecule has 0 saturated carbocycles. The molecule has 1 saturated heterocycles. The van der Waals surface area contributed by atoms with Crippen molar-refractivity contribution in [2.24, 2.45) is 7.05 Å². The van der Waals surface area contributed by atoms with Gasteiger partial charge in [-0.3, -0.25) is 14.7 Å². The SMILES string of the molecule is CCCc1nc([C@@H]2CN(C(=O)c3ccc(=O)n(C)n3)CCO2)n[nH]1. The number of morpholine rings is 1. The van der Waals surface area contributed by atoms with E-state index in [-0.39, 0.29) is 23.3 Å². The number of amides is 1. The van der Waals surface area contributed by atoms with Gasteiger partial charge in [-0.25, -0.2) is 9.67 Å². The van der Waals surface area contributed by atoms with E-state index in [1.54, 1.807) is 4.90 Å². The summed E-state index contributed by atoms with van der Waals surface area (Å²) in [5, 5.41) is 11.1. The summed E-state index contributed by atoms with van der Waals surface area (Å²) in [4.78, 5) is 30.1. The van der Waals surface area contributed by atoms with Crippen molar-refractivity contribution in [3.63, 3.8) is 0 Å². The molecule has 0 radical (unpaired) electrons. The molecule has 2 aromatic rings. The molecule has 1 fully saturated rings. The monoisotopic (exact) mass is 332 g/mol. The van der Waals surface area contributed by atoms with Gasteiger partial charge in [-0.2, -0.15) is 10.2 Å². The molecule has 2 aromatic heterocycles. The summed E-state index contributed by atoms with van der Waals surface area (Å²) in [5.74, 6) is 1.15. The highest BCUT2D eigenvalue weighted by Gasteiger charge is 2.29. The van der Waals surface area contributed by atoms with E-state index in [1.165, 1.54) is 19.2 Å². The Morgan fingerprint density at radius 3 is 3.04 bits per heavy atom. The van der Waals surface area contributed by atoms with E-state index in [2.05, 4.69) is 27.2 Å². The minimum absolute atomic E-state index is 0.233. The largest absolute Gasteiger partial charge is 0.366 e. The number of rotatable bonds is 4. The molecule has 3 rings (SSSR count). The number of carbonyl (C=O) groups excluding carboxylic acids is 1. The molecule has 0 bridgehead atoms. The number of nitrogens with one attached hydrogen (secondary N) is 1. The third-order valence-corrected chi connectivity index (χ3v) is 3.86. The number of nitrogens with zero attached hydrogens (tertiary/aromatic N) is 5. The number of H-pyrrole nitrogens is 1. The van der Waals surface area contributed by atoms with Crippen molar-refractivity contribution >= 4 is 5.91 Å². The number of aromatic amines is 1. The van der Waals surface area contributed by atoms with E-state index in [4.69, 9.17) is 4.74 Å². The highest BCUT2D eigenvalue weighted by Crippen LogP contribution is 2.20. The summed E-state index contributed by atoms with van der Waals surface area (Å²) >= 11 is 0. The van der Waals surface area contributed by atoms with Gasteiger partial charge in [0.25, 0.3) is 11.5 Å². The number of aromatic nitrogens is 5. The van der Waals surface area contributed by atoms with Gasteiger partial charge in [-0.15, -0.1) is 0 Å². The second-order valence-corrected chi connectivity index (χ2v) is 5.68. The van der Waals surface area contributed by atoms with Gasteiger partial charge in [0.1, 0.15) is 17.6 Å². The molecule has 1 amide bonds. The van der Waals surface area contributed by atoms with E-state index < -0.39 is 0 Å². The zero-order valence-corrected chi connectivity index (χ0v) is 13.7. The Balaban J connectivity index is 1.73. The number of aryl methyl sites for hydroxylation is 2. The van der Waals surface area contributed by atoms with Crippen LogP contribution in [0.4, 0.5) is 0 Å². The average molecular weight is 332 g/mol. The quantitative estimate of drug-likeness (QED) is 0.849. The zero-order valence-electron chi connectivity index (χ0n) is 13.7. The third-order valence-electron chi connectivity index (χ3n) is 3.86. The zero-order chi connectivity index (χ0) is 17.1. The van der Waals surface area contributed by atoms with Crippen molar-refractivity contribution in [2.75, 3.05) is 19.7 Å². The van der Waals surface area contributed by atoms with E-state index >= 15 is 0 Å². The predicted octanol–water partition coefficient (Wildman–Crippen LogP) is 0.0646. The summed E-state index contributed by atoms with van der Waals surface area (Å²) in [6.07, 6.45) is 1.44. The molecule has 1 aliphatic rings. The molecule has 0 aliphatic carbocycles. The first-order valence-electron chi connectivity index (χ1n) is 7.95. The van der Waals surface area contributed by atoms with E-state index in [1.807, 2.05) is 0 Å². The lowest BCUT2D eigenvalue weighted by Gasteiger charge is -2.31. The van der Waals surface area contributed by atoms with Crippen LogP contribution in [0.3, 0.4) is 0 Å². The van der Waals surface area contributed by atoms with Crippen LogP contribution in [0.25, 0.3) is 0 Å². The van der Waals surface area contributed by atoms with Crippen LogP contribution in [0, 0.1) is 0 Å². The van der Waals surface area contributed by atoms with Gasteiger partial charge in [-0.05, 0) is 12.5 Å². The molecule has 24 heavy (non-hydrogen) atoms. The molecule has 1 aliphatic heterocycles. The van der Waals surface area contributed by atoms with Gasteiger partial charge in [0.05, 0.1) is 13.2 Å². The van der Waals surface area contributed by atoms with Crippen molar-refractivity contribution < 1.29 is 9.53 Å². The number of carbonyl (C=O) groups is 1. The second-order valence-electron chi connectivity index (χ2n) is 5.68. The normalized spacial score (nSPS) is 17.9. The molecule has 1 atom stereocenters. The van der Waals surface area contributed by atoms with Crippen molar-refractivity contribution in [1.82, 2.24) is 29.9 Å². The van der Waals surface area contributed by atoms with Gasteiger partial charge in [0.2, 0.25) is 0 Å². The Morgan fingerprint density at radius 1 is 1.46 bits per heavy atom.